The first kappa shape index (κ1) is 17.0. The number of nitrogens with zero attached hydrogens (tertiary/aromatic N) is 2. The molecule has 1 heterocycles. The van der Waals surface area contributed by atoms with Crippen LogP contribution in [0.15, 0.2) is 30.3 Å². The number of amides is 1. The number of nitrogens with one attached hydrogen (secondary N) is 1. The van der Waals surface area contributed by atoms with E-state index in [1.807, 2.05) is 37.3 Å². The third kappa shape index (κ3) is 4.32. The summed E-state index contributed by atoms with van der Waals surface area (Å²) < 4.78 is 11.8. The second-order valence-electron chi connectivity index (χ2n) is 5.06. The first-order valence-corrected chi connectivity index (χ1v) is 7.69. The molecule has 6 nitrogen and oxygen atoms in total. The Morgan fingerprint density at radius 3 is 2.61 bits per heavy atom. The minimum Gasteiger partial charge on any atom is -0.497 e. The zero-order valence-electron chi connectivity index (χ0n) is 13.8. The highest BCUT2D eigenvalue weighted by Crippen LogP contribution is 2.22. The third-order valence-electron chi connectivity index (χ3n) is 3.51. The van der Waals surface area contributed by atoms with E-state index in [0.29, 0.717) is 25.4 Å². The molecule has 0 bridgehead atoms. The molecule has 1 amide bonds. The van der Waals surface area contributed by atoms with E-state index in [1.54, 1.807) is 18.9 Å². The topological polar surface area (TPSA) is 65.4 Å². The Labute approximate surface area is 136 Å². The molecule has 0 spiro atoms. The van der Waals surface area contributed by atoms with Crippen LogP contribution in [0.1, 0.15) is 23.8 Å². The van der Waals surface area contributed by atoms with Crippen LogP contribution in [0.3, 0.4) is 0 Å². The molecule has 1 aromatic heterocycles. The highest BCUT2D eigenvalue weighted by molar-refractivity contribution is 5.93. The zero-order chi connectivity index (χ0) is 16.7. The van der Waals surface area contributed by atoms with Crippen molar-refractivity contribution in [3.05, 3.63) is 36.0 Å². The van der Waals surface area contributed by atoms with Crippen molar-refractivity contribution < 1.29 is 14.3 Å². The molecular formula is C17H23N3O3. The first-order chi connectivity index (χ1) is 11.2. The Morgan fingerprint density at radius 1 is 1.26 bits per heavy atom. The van der Waals surface area contributed by atoms with Gasteiger partial charge in [-0.05, 0) is 43.7 Å². The van der Waals surface area contributed by atoms with Gasteiger partial charge in [0.25, 0.3) is 5.91 Å². The summed E-state index contributed by atoms with van der Waals surface area (Å²) in [6, 6.07) is 9.44. The predicted octanol–water partition coefficient (Wildman–Crippen LogP) is 2.34. The second-order valence-corrected chi connectivity index (χ2v) is 5.06. The Bertz CT molecular complexity index is 635. The minimum absolute atomic E-state index is 0.116. The van der Waals surface area contributed by atoms with Gasteiger partial charge in [0.05, 0.1) is 12.8 Å². The van der Waals surface area contributed by atoms with Crippen LogP contribution in [0.25, 0.3) is 11.3 Å². The number of aromatic nitrogens is 2. The summed E-state index contributed by atoms with van der Waals surface area (Å²) in [7, 11) is 3.28. The van der Waals surface area contributed by atoms with Crippen LogP contribution in [-0.4, -0.2) is 43.1 Å². The van der Waals surface area contributed by atoms with E-state index >= 15 is 0 Å². The summed E-state index contributed by atoms with van der Waals surface area (Å²) in [5.41, 5.74) is 2.29. The van der Waals surface area contributed by atoms with Gasteiger partial charge in [0.1, 0.15) is 11.4 Å². The molecule has 0 unspecified atom stereocenters. The molecular weight excluding hydrogens is 294 g/mol. The SMILES string of the molecule is CCn1nc(-c2ccc(OC)cc2)cc1C(=O)NCCCOC. The van der Waals surface area contributed by atoms with Gasteiger partial charge in [-0.15, -0.1) is 0 Å². The van der Waals surface area contributed by atoms with Crippen LogP contribution in [0.2, 0.25) is 0 Å². The van der Waals surface area contributed by atoms with Crippen LogP contribution in [-0.2, 0) is 11.3 Å². The van der Waals surface area contributed by atoms with Crippen LogP contribution < -0.4 is 10.1 Å². The molecule has 2 aromatic rings. The van der Waals surface area contributed by atoms with E-state index in [9.17, 15) is 4.79 Å². The largest absolute Gasteiger partial charge is 0.497 e. The van der Waals surface area contributed by atoms with Crippen molar-refractivity contribution in [1.82, 2.24) is 15.1 Å². The van der Waals surface area contributed by atoms with Gasteiger partial charge < -0.3 is 14.8 Å². The van der Waals surface area contributed by atoms with Crippen LogP contribution >= 0.6 is 0 Å². The van der Waals surface area contributed by atoms with E-state index < -0.39 is 0 Å². The second kappa shape index (κ2) is 8.33. The molecule has 6 heteroatoms. The molecule has 0 atom stereocenters. The van der Waals surface area contributed by atoms with E-state index in [-0.39, 0.29) is 5.91 Å². The lowest BCUT2D eigenvalue weighted by Crippen LogP contribution is -2.27. The van der Waals surface area contributed by atoms with Gasteiger partial charge in [0.2, 0.25) is 0 Å². The number of hydrogen-bond donors (Lipinski definition) is 1. The van der Waals surface area contributed by atoms with Crippen LogP contribution in [0, 0.1) is 0 Å². The monoisotopic (exact) mass is 317 g/mol. The van der Waals surface area contributed by atoms with Crippen LogP contribution in [0.4, 0.5) is 0 Å². The number of ether oxygens (including phenoxy) is 2. The van der Waals surface area contributed by atoms with Crippen molar-refractivity contribution in [3.8, 4) is 17.0 Å². The van der Waals surface area contributed by atoms with E-state index in [0.717, 1.165) is 23.4 Å². The van der Waals surface area contributed by atoms with Gasteiger partial charge in [0, 0.05) is 32.4 Å². The Kier molecular flexibility index (Phi) is 6.17. The molecule has 0 saturated heterocycles. The van der Waals surface area contributed by atoms with E-state index in [2.05, 4.69) is 10.4 Å². The number of methoxy groups -OCH3 is 2. The number of rotatable bonds is 8. The van der Waals surface area contributed by atoms with Gasteiger partial charge in [-0.3, -0.25) is 9.48 Å². The molecule has 0 saturated carbocycles. The van der Waals surface area contributed by atoms with Crippen LogP contribution in [0.5, 0.6) is 5.75 Å². The first-order valence-electron chi connectivity index (χ1n) is 7.69. The highest BCUT2D eigenvalue weighted by Gasteiger charge is 2.15. The molecule has 0 fully saturated rings. The molecule has 0 aliphatic carbocycles. The average molecular weight is 317 g/mol. The summed E-state index contributed by atoms with van der Waals surface area (Å²) in [5.74, 6) is 0.676. The number of hydrogen-bond acceptors (Lipinski definition) is 4. The lowest BCUT2D eigenvalue weighted by molar-refractivity contribution is 0.0938. The number of aryl methyl sites for hydroxylation is 1. The maximum absolute atomic E-state index is 12.3. The van der Waals surface area contributed by atoms with Gasteiger partial charge in [0.15, 0.2) is 0 Å². The third-order valence-corrected chi connectivity index (χ3v) is 3.51. The fourth-order valence-electron chi connectivity index (χ4n) is 2.25. The van der Waals surface area contributed by atoms with Crippen molar-refractivity contribution in [2.45, 2.75) is 19.9 Å². The van der Waals surface area contributed by atoms with E-state index in [4.69, 9.17) is 9.47 Å². The van der Waals surface area contributed by atoms with E-state index in [1.165, 1.54) is 0 Å². The van der Waals surface area contributed by atoms with Crippen molar-refractivity contribution in [2.24, 2.45) is 0 Å². The summed E-state index contributed by atoms with van der Waals surface area (Å²) in [6.07, 6.45) is 0.786. The molecule has 124 valence electrons. The van der Waals surface area contributed by atoms with Gasteiger partial charge in [-0.25, -0.2) is 0 Å². The quantitative estimate of drug-likeness (QED) is 0.759. The van der Waals surface area contributed by atoms with Crippen molar-refractivity contribution in [3.63, 3.8) is 0 Å². The Morgan fingerprint density at radius 2 is 2.00 bits per heavy atom. The molecule has 0 radical (unpaired) electrons. The lowest BCUT2D eigenvalue weighted by Gasteiger charge is -2.05. The number of carbonyl (C=O) groups excluding carboxylic acids is 1. The normalized spacial score (nSPS) is 10.6. The smallest absolute Gasteiger partial charge is 0.269 e. The summed E-state index contributed by atoms with van der Waals surface area (Å²) in [5, 5.41) is 7.40. The van der Waals surface area contributed by atoms with Gasteiger partial charge in [-0.2, -0.15) is 5.10 Å². The maximum Gasteiger partial charge on any atom is 0.269 e. The minimum atomic E-state index is -0.116. The fraction of sp³-hybridized carbons (Fsp3) is 0.412. The zero-order valence-corrected chi connectivity index (χ0v) is 13.8. The van der Waals surface area contributed by atoms with Crippen molar-refractivity contribution >= 4 is 5.91 Å². The predicted molar refractivity (Wildman–Crippen MR) is 88.7 cm³/mol. The number of benzene rings is 1. The summed E-state index contributed by atoms with van der Waals surface area (Å²) >= 11 is 0. The lowest BCUT2D eigenvalue weighted by atomic mass is 10.1. The summed E-state index contributed by atoms with van der Waals surface area (Å²) in [4.78, 5) is 12.3. The average Bonchev–Trinajstić information content (AvgIpc) is 3.03. The molecule has 23 heavy (non-hydrogen) atoms. The molecule has 2 rings (SSSR count). The highest BCUT2D eigenvalue weighted by atomic mass is 16.5. The van der Waals surface area contributed by atoms with Crippen molar-refractivity contribution in [2.75, 3.05) is 27.4 Å². The Balaban J connectivity index is 2.14. The van der Waals surface area contributed by atoms with Gasteiger partial charge >= 0.3 is 0 Å². The fourth-order valence-corrected chi connectivity index (χ4v) is 2.25. The maximum atomic E-state index is 12.3. The standard InChI is InChI=1S/C17H23N3O3/c1-4-20-16(17(21)18-10-5-11-22-2)12-15(19-20)13-6-8-14(23-3)9-7-13/h6-9,12H,4-5,10-11H2,1-3H3,(H,18,21). The van der Waals surface area contributed by atoms with Gasteiger partial charge in [-0.1, -0.05) is 0 Å². The Hall–Kier alpha value is -2.34. The molecule has 1 N–H and O–H groups in total. The molecule has 0 aliphatic rings. The number of carbonyl (C=O) groups is 1. The van der Waals surface area contributed by atoms with Crippen molar-refractivity contribution in [1.29, 1.82) is 0 Å². The summed E-state index contributed by atoms with van der Waals surface area (Å²) in [6.45, 7) is 3.81. The molecule has 0 aliphatic heterocycles. The molecule has 1 aromatic carbocycles.